The van der Waals surface area contributed by atoms with Crippen LogP contribution in [0.3, 0.4) is 0 Å². The van der Waals surface area contributed by atoms with Crippen LogP contribution in [0.25, 0.3) is 0 Å². The quantitative estimate of drug-likeness (QED) is 0.568. The summed E-state index contributed by atoms with van der Waals surface area (Å²) in [7, 11) is 0. The molecule has 1 amide bonds. The zero-order valence-electron chi connectivity index (χ0n) is 13.5. The van der Waals surface area contributed by atoms with Crippen LogP contribution in [0, 0.1) is 6.92 Å². The normalized spacial score (nSPS) is 11.7. The molecule has 0 fully saturated rings. The number of alkyl halides is 1. The fourth-order valence-electron chi connectivity index (χ4n) is 1.86. The summed E-state index contributed by atoms with van der Waals surface area (Å²) in [6, 6.07) is 0. The molecule has 0 aromatic carbocycles. The number of anilines is 1. The van der Waals surface area contributed by atoms with E-state index in [1.165, 1.54) is 6.92 Å². The Bertz CT molecular complexity index is 595. The van der Waals surface area contributed by atoms with Gasteiger partial charge in [-0.15, -0.1) is 0 Å². The van der Waals surface area contributed by atoms with Crippen molar-refractivity contribution in [2.75, 3.05) is 18.5 Å². The van der Waals surface area contributed by atoms with Crippen LogP contribution < -0.4 is 5.32 Å². The molecule has 23 heavy (non-hydrogen) atoms. The van der Waals surface area contributed by atoms with E-state index in [1.807, 2.05) is 6.92 Å². The predicted octanol–water partition coefficient (Wildman–Crippen LogP) is 3.05. The number of nitrogens with one attached hydrogen (secondary N) is 1. The van der Waals surface area contributed by atoms with Crippen molar-refractivity contribution in [3.63, 3.8) is 0 Å². The summed E-state index contributed by atoms with van der Waals surface area (Å²) >= 11 is 3.21. The smallest absolute Gasteiger partial charge is 0.344 e. The monoisotopic (exact) mass is 389 g/mol. The largest absolute Gasteiger partial charge is 0.462 e. The van der Waals surface area contributed by atoms with Gasteiger partial charge in [0.1, 0.15) is 16.9 Å². The summed E-state index contributed by atoms with van der Waals surface area (Å²) in [4.78, 5) is 35.8. The number of furan rings is 1. The second-order valence-electron chi connectivity index (χ2n) is 4.54. The molecule has 128 valence electrons. The molecule has 0 saturated heterocycles. The van der Waals surface area contributed by atoms with Crippen LogP contribution in [0.4, 0.5) is 5.88 Å². The number of hydrogen-bond donors (Lipinski definition) is 1. The summed E-state index contributed by atoms with van der Waals surface area (Å²) in [5.74, 6) is -1.80. The number of amides is 1. The van der Waals surface area contributed by atoms with E-state index in [9.17, 15) is 14.4 Å². The third kappa shape index (κ3) is 4.57. The van der Waals surface area contributed by atoms with E-state index in [1.54, 1.807) is 13.8 Å². The third-order valence-corrected chi connectivity index (χ3v) is 3.99. The average Bonchev–Trinajstić information content (AvgIpc) is 2.83. The standard InChI is InChI=1S/C15H20BrNO6/c1-5-9(16)12(18)17-13-11(15(20)22-7-3)10(8(4)23-13)14(19)21-6-2/h9H,5-7H2,1-4H3,(H,17,18). The molecule has 1 unspecified atom stereocenters. The van der Waals surface area contributed by atoms with Crippen molar-refractivity contribution in [3.05, 3.63) is 16.9 Å². The first-order valence-electron chi connectivity index (χ1n) is 7.29. The maximum absolute atomic E-state index is 12.2. The van der Waals surface area contributed by atoms with Crippen LogP contribution in [0.15, 0.2) is 4.42 Å². The van der Waals surface area contributed by atoms with Crippen molar-refractivity contribution in [2.24, 2.45) is 0 Å². The van der Waals surface area contributed by atoms with Crippen LogP contribution in [-0.4, -0.2) is 35.9 Å². The molecule has 0 radical (unpaired) electrons. The van der Waals surface area contributed by atoms with Crippen molar-refractivity contribution in [1.82, 2.24) is 0 Å². The fourth-order valence-corrected chi connectivity index (χ4v) is 1.97. The Hall–Kier alpha value is -1.83. The van der Waals surface area contributed by atoms with Gasteiger partial charge in [-0.25, -0.2) is 9.59 Å². The zero-order valence-corrected chi connectivity index (χ0v) is 15.1. The van der Waals surface area contributed by atoms with Crippen molar-refractivity contribution < 1.29 is 28.3 Å². The van der Waals surface area contributed by atoms with Crippen molar-refractivity contribution in [2.45, 2.75) is 38.9 Å². The number of ether oxygens (including phenoxy) is 2. The number of halogens is 1. The maximum atomic E-state index is 12.2. The topological polar surface area (TPSA) is 94.8 Å². The van der Waals surface area contributed by atoms with E-state index in [-0.39, 0.29) is 41.9 Å². The molecular formula is C15H20BrNO6. The molecule has 1 rings (SSSR count). The van der Waals surface area contributed by atoms with E-state index < -0.39 is 16.8 Å². The van der Waals surface area contributed by atoms with Crippen LogP contribution in [0.1, 0.15) is 53.7 Å². The van der Waals surface area contributed by atoms with Gasteiger partial charge >= 0.3 is 11.9 Å². The number of esters is 2. The van der Waals surface area contributed by atoms with Gasteiger partial charge in [0.25, 0.3) is 0 Å². The second kappa shape index (κ2) is 8.71. The molecule has 0 aliphatic carbocycles. The number of aryl methyl sites for hydroxylation is 1. The van der Waals surface area contributed by atoms with Crippen molar-refractivity contribution >= 4 is 39.7 Å². The zero-order chi connectivity index (χ0) is 17.6. The van der Waals surface area contributed by atoms with Gasteiger partial charge in [-0.1, -0.05) is 22.9 Å². The summed E-state index contributed by atoms with van der Waals surface area (Å²) in [5, 5.41) is 2.50. The minimum Gasteiger partial charge on any atom is -0.462 e. The first kappa shape index (κ1) is 19.2. The first-order chi connectivity index (χ1) is 10.9. The minimum atomic E-state index is -0.759. The number of carbonyl (C=O) groups is 3. The summed E-state index contributed by atoms with van der Waals surface area (Å²) in [5.41, 5.74) is -0.171. The predicted molar refractivity (Wildman–Crippen MR) is 87.0 cm³/mol. The number of carbonyl (C=O) groups excluding carboxylic acids is 3. The van der Waals surface area contributed by atoms with E-state index in [2.05, 4.69) is 21.2 Å². The molecule has 0 saturated carbocycles. The van der Waals surface area contributed by atoms with E-state index >= 15 is 0 Å². The second-order valence-corrected chi connectivity index (χ2v) is 5.65. The highest BCUT2D eigenvalue weighted by Gasteiger charge is 2.31. The molecule has 0 bridgehead atoms. The lowest BCUT2D eigenvalue weighted by Crippen LogP contribution is -2.23. The molecule has 0 spiro atoms. The van der Waals surface area contributed by atoms with Gasteiger partial charge in [-0.3, -0.25) is 10.1 Å². The highest BCUT2D eigenvalue weighted by Crippen LogP contribution is 2.29. The van der Waals surface area contributed by atoms with Gasteiger partial charge < -0.3 is 13.9 Å². The van der Waals surface area contributed by atoms with Crippen LogP contribution >= 0.6 is 15.9 Å². The Kier molecular flexibility index (Phi) is 7.28. The minimum absolute atomic E-state index is 0.0387. The molecular weight excluding hydrogens is 370 g/mol. The first-order valence-corrected chi connectivity index (χ1v) is 8.21. The Morgan fingerprint density at radius 1 is 1.09 bits per heavy atom. The summed E-state index contributed by atoms with van der Waals surface area (Å²) < 4.78 is 15.3. The molecule has 1 aromatic heterocycles. The molecule has 1 N–H and O–H groups in total. The molecule has 1 heterocycles. The van der Waals surface area contributed by atoms with Crippen molar-refractivity contribution in [3.8, 4) is 0 Å². The molecule has 0 aliphatic rings. The molecule has 1 aromatic rings. The Labute approximate surface area is 142 Å². The average molecular weight is 390 g/mol. The van der Waals surface area contributed by atoms with Gasteiger partial charge in [-0.2, -0.15) is 0 Å². The van der Waals surface area contributed by atoms with Crippen LogP contribution in [0.5, 0.6) is 0 Å². The van der Waals surface area contributed by atoms with E-state index in [0.717, 1.165) is 0 Å². The summed E-state index contributed by atoms with van der Waals surface area (Å²) in [6.45, 7) is 6.88. The van der Waals surface area contributed by atoms with Crippen molar-refractivity contribution in [1.29, 1.82) is 0 Å². The molecule has 7 nitrogen and oxygen atoms in total. The summed E-state index contributed by atoms with van der Waals surface area (Å²) in [6.07, 6.45) is 0.547. The van der Waals surface area contributed by atoms with Crippen LogP contribution in [-0.2, 0) is 14.3 Å². The number of hydrogen-bond acceptors (Lipinski definition) is 6. The van der Waals surface area contributed by atoms with E-state index in [0.29, 0.717) is 6.42 Å². The Morgan fingerprint density at radius 2 is 1.61 bits per heavy atom. The van der Waals surface area contributed by atoms with Gasteiger partial charge in [0, 0.05) is 0 Å². The Morgan fingerprint density at radius 3 is 2.09 bits per heavy atom. The third-order valence-electron chi connectivity index (χ3n) is 2.92. The highest BCUT2D eigenvalue weighted by atomic mass is 79.9. The van der Waals surface area contributed by atoms with Crippen LogP contribution in [0.2, 0.25) is 0 Å². The molecule has 1 atom stereocenters. The Balaban J connectivity index is 3.29. The lowest BCUT2D eigenvalue weighted by atomic mass is 10.1. The van der Waals surface area contributed by atoms with E-state index in [4.69, 9.17) is 13.9 Å². The van der Waals surface area contributed by atoms with Gasteiger partial charge in [0.05, 0.1) is 18.0 Å². The van der Waals surface area contributed by atoms with Gasteiger partial charge in [0.15, 0.2) is 0 Å². The highest BCUT2D eigenvalue weighted by molar-refractivity contribution is 9.10. The lowest BCUT2D eigenvalue weighted by Gasteiger charge is -2.08. The van der Waals surface area contributed by atoms with Gasteiger partial charge in [0.2, 0.25) is 11.8 Å². The maximum Gasteiger partial charge on any atom is 0.344 e. The molecule has 0 aliphatic heterocycles. The van der Waals surface area contributed by atoms with Gasteiger partial charge in [-0.05, 0) is 27.2 Å². The lowest BCUT2D eigenvalue weighted by molar-refractivity contribution is -0.115. The fraction of sp³-hybridized carbons (Fsp3) is 0.533. The molecule has 8 heteroatoms. The SMILES string of the molecule is CCOC(=O)c1c(C)oc(NC(=O)C(Br)CC)c1C(=O)OCC. The number of rotatable bonds is 7.